The molecule has 0 bridgehead atoms. The summed E-state index contributed by atoms with van der Waals surface area (Å²) in [7, 11) is -2.50. The second kappa shape index (κ2) is 10.2. The summed E-state index contributed by atoms with van der Waals surface area (Å²) >= 11 is 0. The van der Waals surface area contributed by atoms with E-state index in [1.54, 1.807) is 0 Å². The van der Waals surface area contributed by atoms with Gasteiger partial charge >= 0.3 is 0 Å². The number of piperidine rings is 1. The predicted octanol–water partition coefficient (Wildman–Crippen LogP) is 4.53. The molecule has 1 aliphatic rings. The Morgan fingerprint density at radius 1 is 1.09 bits per heavy atom. The van der Waals surface area contributed by atoms with Crippen molar-refractivity contribution in [2.75, 3.05) is 29.8 Å². The van der Waals surface area contributed by atoms with Crippen LogP contribution in [0.4, 0.5) is 20.3 Å². The van der Waals surface area contributed by atoms with Crippen LogP contribution in [0, 0.1) is 18.7 Å². The van der Waals surface area contributed by atoms with Crippen LogP contribution >= 0.6 is 0 Å². The Kier molecular flexibility index (Phi) is 7.32. The van der Waals surface area contributed by atoms with Crippen LogP contribution in [0.3, 0.4) is 0 Å². The van der Waals surface area contributed by atoms with Gasteiger partial charge < -0.3 is 4.90 Å². The van der Waals surface area contributed by atoms with Crippen molar-refractivity contribution in [2.24, 2.45) is 0 Å². The van der Waals surface area contributed by atoms with Gasteiger partial charge in [-0.3, -0.25) is 9.62 Å². The fourth-order valence-electron chi connectivity index (χ4n) is 4.54. The van der Waals surface area contributed by atoms with Crippen LogP contribution in [0.15, 0.2) is 59.8 Å². The van der Waals surface area contributed by atoms with Gasteiger partial charge in [-0.1, -0.05) is 36.4 Å². The van der Waals surface area contributed by atoms with E-state index in [-0.39, 0.29) is 17.4 Å². The van der Waals surface area contributed by atoms with Crippen LogP contribution in [-0.4, -0.2) is 49.5 Å². The molecule has 186 valence electrons. The van der Waals surface area contributed by atoms with Crippen molar-refractivity contribution in [1.29, 1.82) is 0 Å². The van der Waals surface area contributed by atoms with Crippen LogP contribution in [-0.2, 0) is 10.0 Å². The number of anilines is 2. The molecule has 10 heteroatoms. The number of benzene rings is 1. The molecule has 0 radical (unpaired) electrons. The lowest BCUT2D eigenvalue weighted by Gasteiger charge is -2.40. The molecule has 3 heterocycles. The maximum absolute atomic E-state index is 15.2. The molecular formula is C25H29F2N5O2S. The van der Waals surface area contributed by atoms with Crippen LogP contribution in [0.2, 0.25) is 0 Å². The van der Waals surface area contributed by atoms with Gasteiger partial charge in [0, 0.05) is 37.8 Å². The van der Waals surface area contributed by atoms with E-state index in [4.69, 9.17) is 0 Å². The Morgan fingerprint density at radius 3 is 2.43 bits per heavy atom. The lowest BCUT2D eigenvalue weighted by molar-refractivity contribution is 0.162. The number of rotatable bonds is 7. The van der Waals surface area contributed by atoms with Crippen molar-refractivity contribution in [3.05, 3.63) is 77.6 Å². The Morgan fingerprint density at radius 2 is 1.77 bits per heavy atom. The molecule has 1 aromatic carbocycles. The zero-order chi connectivity index (χ0) is 25.2. The van der Waals surface area contributed by atoms with E-state index >= 15 is 4.39 Å². The van der Waals surface area contributed by atoms with E-state index in [0.717, 1.165) is 32.0 Å². The average Bonchev–Trinajstić information content (AvgIpc) is 2.85. The van der Waals surface area contributed by atoms with Gasteiger partial charge in [0.15, 0.2) is 5.82 Å². The van der Waals surface area contributed by atoms with Gasteiger partial charge in [0.05, 0.1) is 11.9 Å². The second-order valence-corrected chi connectivity index (χ2v) is 10.4. The van der Waals surface area contributed by atoms with Gasteiger partial charge in [-0.05, 0) is 44.4 Å². The Labute approximate surface area is 204 Å². The van der Waals surface area contributed by atoms with E-state index in [2.05, 4.69) is 38.6 Å². The molecule has 2 aromatic heterocycles. The van der Waals surface area contributed by atoms with E-state index in [1.807, 2.05) is 30.1 Å². The van der Waals surface area contributed by atoms with Gasteiger partial charge in [0.2, 0.25) is 11.0 Å². The largest absolute Gasteiger partial charge is 0.370 e. The average molecular weight is 502 g/mol. The first-order chi connectivity index (χ1) is 16.7. The third-order valence-corrected chi connectivity index (χ3v) is 7.94. The van der Waals surface area contributed by atoms with Gasteiger partial charge in [-0.15, -0.1) is 0 Å². The first-order valence-corrected chi connectivity index (χ1v) is 13.0. The van der Waals surface area contributed by atoms with Crippen molar-refractivity contribution in [3.63, 3.8) is 0 Å². The number of hydrogen-bond acceptors (Lipinski definition) is 6. The maximum atomic E-state index is 15.2. The minimum absolute atomic E-state index is 0.172. The van der Waals surface area contributed by atoms with Gasteiger partial charge in [-0.25, -0.2) is 14.4 Å². The van der Waals surface area contributed by atoms with Crippen molar-refractivity contribution in [2.45, 2.75) is 43.8 Å². The lowest BCUT2D eigenvalue weighted by Crippen LogP contribution is -2.44. The smallest absolute Gasteiger partial charge is 0.283 e. The molecule has 1 saturated heterocycles. The number of hydrogen-bond donors (Lipinski definition) is 1. The number of nitrogens with one attached hydrogen (secondary N) is 1. The van der Waals surface area contributed by atoms with E-state index in [9.17, 15) is 12.8 Å². The number of pyridine rings is 2. The SMILES string of the molecule is Cc1c(N(C)C2CCN([C@H](C)c3ccccc3)CC2)cnc(S(=O)(=O)Nc2cccc(F)n2)c1F. The molecule has 1 atom stereocenters. The van der Waals surface area contributed by atoms with E-state index in [1.165, 1.54) is 30.8 Å². The van der Waals surface area contributed by atoms with Crippen LogP contribution < -0.4 is 9.62 Å². The summed E-state index contributed by atoms with van der Waals surface area (Å²) in [5, 5.41) is -0.746. The zero-order valence-electron chi connectivity index (χ0n) is 19.9. The lowest BCUT2D eigenvalue weighted by atomic mass is 9.98. The molecule has 1 fully saturated rings. The van der Waals surface area contributed by atoms with Crippen molar-refractivity contribution >= 4 is 21.5 Å². The molecular weight excluding hydrogens is 472 g/mol. The number of aromatic nitrogens is 2. The van der Waals surface area contributed by atoms with Crippen LogP contribution in [0.1, 0.15) is 36.9 Å². The van der Waals surface area contributed by atoms with Gasteiger partial charge in [0.25, 0.3) is 10.0 Å². The first kappa shape index (κ1) is 25.0. The number of likely N-dealkylation sites (tertiary alicyclic amines) is 1. The number of sulfonamides is 1. The summed E-state index contributed by atoms with van der Waals surface area (Å²) in [5.41, 5.74) is 2.01. The summed E-state index contributed by atoms with van der Waals surface area (Å²) in [6.45, 7) is 5.54. The van der Waals surface area contributed by atoms with Crippen molar-refractivity contribution in [3.8, 4) is 0 Å². The molecule has 35 heavy (non-hydrogen) atoms. The minimum atomic E-state index is -4.38. The third-order valence-electron chi connectivity index (χ3n) is 6.67. The highest BCUT2D eigenvalue weighted by molar-refractivity contribution is 7.92. The zero-order valence-corrected chi connectivity index (χ0v) is 20.8. The molecule has 3 aromatic rings. The highest BCUT2D eigenvalue weighted by Crippen LogP contribution is 2.31. The fraction of sp³-hybridized carbons (Fsp3) is 0.360. The Bertz CT molecular complexity index is 1280. The quantitative estimate of drug-likeness (QED) is 0.480. The first-order valence-electron chi connectivity index (χ1n) is 11.5. The summed E-state index contributed by atoms with van der Waals surface area (Å²) in [4.78, 5) is 11.8. The highest BCUT2D eigenvalue weighted by Gasteiger charge is 2.29. The van der Waals surface area contributed by atoms with Crippen LogP contribution in [0.5, 0.6) is 0 Å². The predicted molar refractivity (Wildman–Crippen MR) is 132 cm³/mol. The molecule has 7 nitrogen and oxygen atoms in total. The molecule has 0 amide bonds. The second-order valence-electron chi connectivity index (χ2n) is 8.80. The van der Waals surface area contributed by atoms with Gasteiger partial charge in [-0.2, -0.15) is 12.8 Å². The molecule has 0 aliphatic carbocycles. The molecule has 0 saturated carbocycles. The van der Waals surface area contributed by atoms with Gasteiger partial charge in [0.1, 0.15) is 5.82 Å². The standard InChI is InChI=1S/C25H29F2N5O2S/c1-17-21(16-28-25(24(17)27)35(33,34)30-23-11-7-10-22(26)29-23)31(3)20-12-14-32(15-13-20)18(2)19-8-5-4-6-9-19/h4-11,16,18,20H,12-15H2,1-3H3,(H,29,30)/t18-/m1/s1. The summed E-state index contributed by atoms with van der Waals surface area (Å²) in [5.74, 6) is -2.04. The number of nitrogens with zero attached hydrogens (tertiary/aromatic N) is 4. The molecule has 0 unspecified atom stereocenters. The molecule has 1 N–H and O–H groups in total. The van der Waals surface area contributed by atoms with Crippen molar-refractivity contribution < 1.29 is 17.2 Å². The van der Waals surface area contributed by atoms with Crippen LogP contribution in [0.25, 0.3) is 0 Å². The summed E-state index contributed by atoms with van der Waals surface area (Å²) in [6.07, 6.45) is 3.16. The Balaban J connectivity index is 1.46. The topological polar surface area (TPSA) is 78.4 Å². The fourth-order valence-corrected chi connectivity index (χ4v) is 5.61. The maximum Gasteiger partial charge on any atom is 0.283 e. The molecule has 4 rings (SSSR count). The monoisotopic (exact) mass is 501 g/mol. The minimum Gasteiger partial charge on any atom is -0.370 e. The number of halogens is 2. The third kappa shape index (κ3) is 5.43. The van der Waals surface area contributed by atoms with E-state index < -0.39 is 26.8 Å². The Hall–Kier alpha value is -3.11. The normalized spacial score (nSPS) is 16.1. The summed E-state index contributed by atoms with van der Waals surface area (Å²) in [6, 6.07) is 14.5. The molecule has 0 spiro atoms. The van der Waals surface area contributed by atoms with E-state index in [0.29, 0.717) is 11.7 Å². The van der Waals surface area contributed by atoms with Crippen molar-refractivity contribution in [1.82, 2.24) is 14.9 Å². The highest BCUT2D eigenvalue weighted by atomic mass is 32.2. The molecule has 1 aliphatic heterocycles. The summed E-state index contributed by atoms with van der Waals surface area (Å²) < 4.78 is 56.0.